The van der Waals surface area contributed by atoms with Crippen LogP contribution in [0.5, 0.6) is 0 Å². The highest BCUT2D eigenvalue weighted by Crippen LogP contribution is 2.39. The summed E-state index contributed by atoms with van der Waals surface area (Å²) in [5.74, 6) is 0.620. The van der Waals surface area contributed by atoms with Crippen molar-refractivity contribution in [1.29, 1.82) is 0 Å². The number of hydrogen-bond donors (Lipinski definition) is 1. The Bertz CT molecular complexity index is 354. The number of benzene rings is 1. The van der Waals surface area contributed by atoms with Crippen molar-refractivity contribution < 1.29 is 0 Å². The summed E-state index contributed by atoms with van der Waals surface area (Å²) in [6.07, 6.45) is 1.24. The van der Waals surface area contributed by atoms with E-state index in [4.69, 9.17) is 5.73 Å². The summed E-state index contributed by atoms with van der Waals surface area (Å²) in [5, 5.41) is 0. The molecule has 17 heavy (non-hydrogen) atoms. The molecule has 0 spiro atoms. The Labute approximate surface area is 105 Å². The molecule has 1 aromatic rings. The average Bonchev–Trinajstić information content (AvgIpc) is 2.72. The molecular weight excluding hydrogens is 208 g/mol. The van der Waals surface area contributed by atoms with Crippen LogP contribution in [0.4, 0.5) is 0 Å². The van der Waals surface area contributed by atoms with Crippen LogP contribution in [0.1, 0.15) is 36.1 Å². The van der Waals surface area contributed by atoms with Gasteiger partial charge in [0.2, 0.25) is 0 Å². The van der Waals surface area contributed by atoms with Crippen LogP contribution in [0.15, 0.2) is 18.2 Å². The van der Waals surface area contributed by atoms with E-state index in [-0.39, 0.29) is 0 Å². The lowest BCUT2D eigenvalue weighted by Gasteiger charge is -2.30. The normalized spacial score (nSPS) is 25.4. The van der Waals surface area contributed by atoms with Gasteiger partial charge in [-0.05, 0) is 62.5 Å². The summed E-state index contributed by atoms with van der Waals surface area (Å²) in [7, 11) is 0. The van der Waals surface area contributed by atoms with Gasteiger partial charge in [0.25, 0.3) is 0 Å². The van der Waals surface area contributed by atoms with Crippen molar-refractivity contribution in [1.82, 2.24) is 4.90 Å². The van der Waals surface area contributed by atoms with E-state index in [0.717, 1.165) is 13.1 Å². The van der Waals surface area contributed by atoms with Crippen LogP contribution in [-0.2, 0) is 0 Å². The highest BCUT2D eigenvalue weighted by molar-refractivity contribution is 5.37. The Hall–Kier alpha value is -0.860. The van der Waals surface area contributed by atoms with E-state index >= 15 is 0 Å². The number of rotatable bonds is 3. The van der Waals surface area contributed by atoms with Gasteiger partial charge < -0.3 is 5.73 Å². The third-order valence-electron chi connectivity index (χ3n) is 4.17. The zero-order valence-electron chi connectivity index (χ0n) is 11.2. The van der Waals surface area contributed by atoms with E-state index in [0.29, 0.717) is 12.0 Å². The number of aryl methyl sites for hydroxylation is 2. The molecule has 0 aliphatic carbocycles. The Morgan fingerprint density at radius 2 is 1.94 bits per heavy atom. The predicted molar refractivity (Wildman–Crippen MR) is 73.1 cm³/mol. The quantitative estimate of drug-likeness (QED) is 0.868. The average molecular weight is 232 g/mol. The molecular formula is C15H24N2. The second-order valence-corrected chi connectivity index (χ2v) is 5.16. The Kier molecular flexibility index (Phi) is 3.85. The number of nitrogens with two attached hydrogens (primary N) is 1. The lowest BCUT2D eigenvalue weighted by Crippen LogP contribution is -2.29. The topological polar surface area (TPSA) is 29.3 Å². The predicted octanol–water partition coefficient (Wildman–Crippen LogP) is 2.65. The first-order valence-electron chi connectivity index (χ1n) is 6.69. The van der Waals surface area contributed by atoms with E-state index < -0.39 is 0 Å². The monoisotopic (exact) mass is 232 g/mol. The fraction of sp³-hybridized carbons (Fsp3) is 0.600. The van der Waals surface area contributed by atoms with Crippen LogP contribution < -0.4 is 5.73 Å². The highest BCUT2D eigenvalue weighted by atomic mass is 15.2. The van der Waals surface area contributed by atoms with Crippen LogP contribution in [0, 0.1) is 19.8 Å². The van der Waals surface area contributed by atoms with E-state index in [1.807, 2.05) is 0 Å². The van der Waals surface area contributed by atoms with Crippen LogP contribution in [-0.4, -0.2) is 24.5 Å². The first-order chi connectivity index (χ1) is 8.19. The van der Waals surface area contributed by atoms with Gasteiger partial charge in [-0.2, -0.15) is 0 Å². The molecule has 1 fully saturated rings. The van der Waals surface area contributed by atoms with Crippen molar-refractivity contribution in [3.8, 4) is 0 Å². The maximum Gasteiger partial charge on any atom is 0.0393 e. The van der Waals surface area contributed by atoms with Crippen molar-refractivity contribution in [2.24, 2.45) is 11.7 Å². The van der Waals surface area contributed by atoms with Gasteiger partial charge in [-0.3, -0.25) is 4.90 Å². The molecule has 2 atom stereocenters. The third kappa shape index (κ3) is 2.24. The smallest absolute Gasteiger partial charge is 0.0393 e. The summed E-state index contributed by atoms with van der Waals surface area (Å²) in [6.45, 7) is 9.81. The molecule has 1 saturated heterocycles. The second-order valence-electron chi connectivity index (χ2n) is 5.16. The number of likely N-dealkylation sites (tertiary alicyclic amines) is 1. The van der Waals surface area contributed by atoms with Crippen LogP contribution in [0.25, 0.3) is 0 Å². The third-order valence-corrected chi connectivity index (χ3v) is 4.17. The largest absolute Gasteiger partial charge is 0.330 e. The minimum absolute atomic E-state index is 0.534. The zero-order valence-corrected chi connectivity index (χ0v) is 11.2. The minimum atomic E-state index is 0.534. The Morgan fingerprint density at radius 1 is 1.29 bits per heavy atom. The molecule has 0 radical (unpaired) electrons. The minimum Gasteiger partial charge on any atom is -0.330 e. The van der Waals surface area contributed by atoms with Gasteiger partial charge in [-0.25, -0.2) is 0 Å². The molecule has 0 bridgehead atoms. The number of hydrogen-bond acceptors (Lipinski definition) is 2. The van der Waals surface area contributed by atoms with Crippen LogP contribution in [0.2, 0.25) is 0 Å². The fourth-order valence-electron chi connectivity index (χ4n) is 3.24. The van der Waals surface area contributed by atoms with Crippen molar-refractivity contribution in [3.05, 3.63) is 34.9 Å². The molecule has 0 aromatic heterocycles. The lowest BCUT2D eigenvalue weighted by atomic mass is 9.88. The first-order valence-corrected chi connectivity index (χ1v) is 6.69. The van der Waals surface area contributed by atoms with E-state index in [1.165, 1.54) is 29.7 Å². The fourth-order valence-corrected chi connectivity index (χ4v) is 3.24. The summed E-state index contributed by atoms with van der Waals surface area (Å²) < 4.78 is 0. The molecule has 1 aromatic carbocycles. The SMILES string of the molecule is CCN1CCC(CN)C1c1c(C)cccc1C. The molecule has 2 N–H and O–H groups in total. The zero-order chi connectivity index (χ0) is 12.4. The Morgan fingerprint density at radius 3 is 2.47 bits per heavy atom. The first kappa shape index (κ1) is 12.6. The van der Waals surface area contributed by atoms with Crippen LogP contribution >= 0.6 is 0 Å². The summed E-state index contributed by atoms with van der Waals surface area (Å²) in [4.78, 5) is 2.58. The molecule has 1 heterocycles. The van der Waals surface area contributed by atoms with Crippen LogP contribution in [0.3, 0.4) is 0 Å². The molecule has 2 heteroatoms. The molecule has 0 amide bonds. The van der Waals surface area contributed by atoms with Crippen molar-refractivity contribution >= 4 is 0 Å². The van der Waals surface area contributed by atoms with Gasteiger partial charge in [0.1, 0.15) is 0 Å². The number of nitrogens with zero attached hydrogens (tertiary/aromatic N) is 1. The van der Waals surface area contributed by atoms with Gasteiger partial charge >= 0.3 is 0 Å². The van der Waals surface area contributed by atoms with Gasteiger partial charge in [0.05, 0.1) is 0 Å². The molecule has 2 unspecified atom stereocenters. The Balaban J connectivity index is 2.41. The maximum absolute atomic E-state index is 5.95. The van der Waals surface area contributed by atoms with Gasteiger partial charge in [-0.15, -0.1) is 0 Å². The van der Waals surface area contributed by atoms with E-state index in [2.05, 4.69) is 43.9 Å². The van der Waals surface area contributed by atoms with Gasteiger partial charge in [-0.1, -0.05) is 25.1 Å². The van der Waals surface area contributed by atoms with Gasteiger partial charge in [0, 0.05) is 6.04 Å². The standard InChI is InChI=1S/C15H24N2/c1-4-17-9-8-13(10-16)15(17)14-11(2)6-5-7-12(14)3/h5-7,13,15H,4,8-10,16H2,1-3H3. The summed E-state index contributed by atoms with van der Waals surface area (Å²) in [5.41, 5.74) is 10.3. The molecule has 2 rings (SSSR count). The second kappa shape index (κ2) is 5.19. The molecule has 0 saturated carbocycles. The molecule has 1 aliphatic heterocycles. The summed E-state index contributed by atoms with van der Waals surface area (Å²) >= 11 is 0. The molecule has 2 nitrogen and oxygen atoms in total. The van der Waals surface area contributed by atoms with E-state index in [1.54, 1.807) is 0 Å². The van der Waals surface area contributed by atoms with Crippen molar-refractivity contribution in [2.45, 2.75) is 33.2 Å². The van der Waals surface area contributed by atoms with Gasteiger partial charge in [0.15, 0.2) is 0 Å². The van der Waals surface area contributed by atoms with E-state index in [9.17, 15) is 0 Å². The highest BCUT2D eigenvalue weighted by Gasteiger charge is 2.34. The van der Waals surface area contributed by atoms with Crippen molar-refractivity contribution in [3.63, 3.8) is 0 Å². The molecule has 1 aliphatic rings. The maximum atomic E-state index is 5.95. The molecule has 94 valence electrons. The lowest BCUT2D eigenvalue weighted by molar-refractivity contribution is 0.240. The summed E-state index contributed by atoms with van der Waals surface area (Å²) in [6, 6.07) is 7.13. The van der Waals surface area contributed by atoms with Crippen molar-refractivity contribution in [2.75, 3.05) is 19.6 Å².